The highest BCUT2D eigenvalue weighted by atomic mass is 19.2. The third kappa shape index (κ3) is 4.05. The molecule has 1 aromatic carbocycles. The molecule has 1 nitrogen and oxygen atoms in total. The predicted molar refractivity (Wildman–Crippen MR) is 71.6 cm³/mol. The Hall–Kier alpha value is -0.960. The molecule has 1 rings (SSSR count). The SMILES string of the molecule is CCNCC(Cc1cccc(F)c1F)C(C)(C)C. The van der Waals surface area contributed by atoms with E-state index in [0.29, 0.717) is 12.0 Å². The maximum Gasteiger partial charge on any atom is 0.162 e. The van der Waals surface area contributed by atoms with Gasteiger partial charge in [0.15, 0.2) is 11.6 Å². The lowest BCUT2D eigenvalue weighted by molar-refractivity contribution is 0.230. The van der Waals surface area contributed by atoms with Gasteiger partial charge in [-0.2, -0.15) is 0 Å². The molecule has 1 N–H and O–H groups in total. The van der Waals surface area contributed by atoms with Crippen molar-refractivity contribution in [3.8, 4) is 0 Å². The van der Waals surface area contributed by atoms with Gasteiger partial charge in [-0.3, -0.25) is 0 Å². The molecule has 0 saturated heterocycles. The molecule has 0 aliphatic rings. The monoisotopic (exact) mass is 255 g/mol. The summed E-state index contributed by atoms with van der Waals surface area (Å²) in [6.07, 6.45) is 0.556. The second kappa shape index (κ2) is 6.28. The molecule has 0 saturated carbocycles. The summed E-state index contributed by atoms with van der Waals surface area (Å²) < 4.78 is 26.9. The molecule has 0 radical (unpaired) electrons. The Kier molecular flexibility index (Phi) is 5.27. The molecule has 0 spiro atoms. The summed E-state index contributed by atoms with van der Waals surface area (Å²) in [6, 6.07) is 4.40. The number of nitrogens with one attached hydrogen (secondary N) is 1. The Morgan fingerprint density at radius 2 is 1.89 bits per heavy atom. The van der Waals surface area contributed by atoms with E-state index in [9.17, 15) is 8.78 Å². The minimum absolute atomic E-state index is 0.0565. The van der Waals surface area contributed by atoms with E-state index in [1.807, 2.05) is 6.92 Å². The van der Waals surface area contributed by atoms with Gasteiger partial charge in [-0.25, -0.2) is 8.78 Å². The van der Waals surface area contributed by atoms with Crippen molar-refractivity contribution in [1.29, 1.82) is 0 Å². The van der Waals surface area contributed by atoms with E-state index in [1.165, 1.54) is 0 Å². The molecule has 1 atom stereocenters. The van der Waals surface area contributed by atoms with Crippen molar-refractivity contribution < 1.29 is 8.78 Å². The van der Waals surface area contributed by atoms with Crippen LogP contribution in [0.5, 0.6) is 0 Å². The van der Waals surface area contributed by atoms with E-state index in [4.69, 9.17) is 0 Å². The first kappa shape index (κ1) is 15.1. The van der Waals surface area contributed by atoms with Crippen LogP contribution < -0.4 is 5.32 Å². The molecule has 1 aromatic rings. The van der Waals surface area contributed by atoms with Crippen molar-refractivity contribution in [1.82, 2.24) is 5.32 Å². The molecule has 18 heavy (non-hydrogen) atoms. The van der Waals surface area contributed by atoms with Crippen LogP contribution in [0.1, 0.15) is 33.3 Å². The Bertz CT molecular complexity index is 383. The minimum atomic E-state index is -0.761. The van der Waals surface area contributed by atoms with Crippen LogP contribution >= 0.6 is 0 Å². The predicted octanol–water partition coefficient (Wildman–Crippen LogP) is 3.78. The van der Waals surface area contributed by atoms with Crippen LogP contribution in [-0.2, 0) is 6.42 Å². The molecule has 3 heteroatoms. The molecule has 0 heterocycles. The molecular formula is C15H23F2N. The lowest BCUT2D eigenvalue weighted by Gasteiger charge is -2.31. The minimum Gasteiger partial charge on any atom is -0.317 e. The second-order valence-electron chi connectivity index (χ2n) is 5.79. The lowest BCUT2D eigenvalue weighted by atomic mass is 9.77. The van der Waals surface area contributed by atoms with E-state index in [0.717, 1.165) is 19.2 Å². The average molecular weight is 255 g/mol. The van der Waals surface area contributed by atoms with Gasteiger partial charge in [0.25, 0.3) is 0 Å². The summed E-state index contributed by atoms with van der Waals surface area (Å²) in [5.74, 6) is -1.19. The van der Waals surface area contributed by atoms with Gasteiger partial charge in [0, 0.05) is 0 Å². The fraction of sp³-hybridized carbons (Fsp3) is 0.600. The molecule has 0 aromatic heterocycles. The standard InChI is InChI=1S/C15H23F2N/c1-5-18-10-12(15(2,3)4)9-11-7-6-8-13(16)14(11)17/h6-8,12,18H,5,9-10H2,1-4H3. The number of benzene rings is 1. The smallest absolute Gasteiger partial charge is 0.162 e. The molecule has 0 aliphatic carbocycles. The van der Waals surface area contributed by atoms with Crippen molar-refractivity contribution in [2.24, 2.45) is 11.3 Å². The Morgan fingerprint density at radius 3 is 2.44 bits per heavy atom. The summed E-state index contributed by atoms with van der Waals surface area (Å²) in [5, 5.41) is 3.29. The van der Waals surface area contributed by atoms with Gasteiger partial charge in [0.05, 0.1) is 0 Å². The lowest BCUT2D eigenvalue weighted by Crippen LogP contribution is -2.33. The Labute approximate surface area is 109 Å². The van der Waals surface area contributed by atoms with Crippen LogP contribution in [0.25, 0.3) is 0 Å². The van der Waals surface area contributed by atoms with Crippen LogP contribution in [0.2, 0.25) is 0 Å². The summed E-state index contributed by atoms with van der Waals surface area (Å²) in [5.41, 5.74) is 0.522. The fourth-order valence-corrected chi connectivity index (χ4v) is 1.97. The van der Waals surface area contributed by atoms with E-state index in [1.54, 1.807) is 12.1 Å². The van der Waals surface area contributed by atoms with Crippen LogP contribution in [0.3, 0.4) is 0 Å². The van der Waals surface area contributed by atoms with Crippen LogP contribution in [0.4, 0.5) is 8.78 Å². The third-order valence-corrected chi connectivity index (χ3v) is 3.36. The quantitative estimate of drug-likeness (QED) is 0.844. The molecule has 0 fully saturated rings. The summed E-state index contributed by atoms with van der Waals surface area (Å²) in [6.45, 7) is 10.1. The van der Waals surface area contributed by atoms with Crippen LogP contribution in [-0.4, -0.2) is 13.1 Å². The van der Waals surface area contributed by atoms with E-state index < -0.39 is 11.6 Å². The van der Waals surface area contributed by atoms with Gasteiger partial charge < -0.3 is 5.32 Å². The first-order chi connectivity index (χ1) is 8.36. The maximum absolute atomic E-state index is 13.7. The van der Waals surface area contributed by atoms with Crippen molar-refractivity contribution in [3.63, 3.8) is 0 Å². The molecule has 102 valence electrons. The summed E-state index contributed by atoms with van der Waals surface area (Å²) in [7, 11) is 0. The topological polar surface area (TPSA) is 12.0 Å². The molecular weight excluding hydrogens is 232 g/mol. The maximum atomic E-state index is 13.7. The number of hydrogen-bond acceptors (Lipinski definition) is 1. The number of hydrogen-bond donors (Lipinski definition) is 1. The van der Waals surface area contributed by atoms with E-state index >= 15 is 0 Å². The largest absolute Gasteiger partial charge is 0.317 e. The first-order valence-electron chi connectivity index (χ1n) is 6.49. The van der Waals surface area contributed by atoms with Gasteiger partial charge in [0.1, 0.15) is 0 Å². The molecule has 0 bridgehead atoms. The zero-order chi connectivity index (χ0) is 13.8. The van der Waals surface area contributed by atoms with Crippen molar-refractivity contribution in [2.75, 3.05) is 13.1 Å². The van der Waals surface area contributed by atoms with Gasteiger partial charge in [-0.05, 0) is 42.5 Å². The highest BCUT2D eigenvalue weighted by molar-refractivity contribution is 5.19. The Morgan fingerprint density at radius 1 is 1.22 bits per heavy atom. The van der Waals surface area contributed by atoms with Gasteiger partial charge in [-0.15, -0.1) is 0 Å². The first-order valence-corrected chi connectivity index (χ1v) is 6.49. The highest BCUT2D eigenvalue weighted by Gasteiger charge is 2.25. The van der Waals surface area contributed by atoms with Gasteiger partial charge in [0.2, 0.25) is 0 Å². The normalized spacial score (nSPS) is 13.7. The molecule has 1 unspecified atom stereocenters. The third-order valence-electron chi connectivity index (χ3n) is 3.36. The number of rotatable bonds is 5. The zero-order valence-electron chi connectivity index (χ0n) is 11.7. The van der Waals surface area contributed by atoms with Gasteiger partial charge in [-0.1, -0.05) is 39.8 Å². The van der Waals surface area contributed by atoms with Gasteiger partial charge >= 0.3 is 0 Å². The number of halogens is 2. The van der Waals surface area contributed by atoms with Crippen molar-refractivity contribution >= 4 is 0 Å². The second-order valence-corrected chi connectivity index (χ2v) is 5.79. The van der Waals surface area contributed by atoms with Crippen molar-refractivity contribution in [3.05, 3.63) is 35.4 Å². The average Bonchev–Trinajstić information content (AvgIpc) is 2.28. The highest BCUT2D eigenvalue weighted by Crippen LogP contribution is 2.29. The Balaban J connectivity index is 2.86. The molecule has 0 amide bonds. The summed E-state index contributed by atoms with van der Waals surface area (Å²) >= 11 is 0. The van der Waals surface area contributed by atoms with Crippen molar-refractivity contribution in [2.45, 2.75) is 34.1 Å². The fourth-order valence-electron chi connectivity index (χ4n) is 1.97. The molecule has 0 aliphatic heterocycles. The van der Waals surface area contributed by atoms with Crippen LogP contribution in [0, 0.1) is 23.0 Å². The van der Waals surface area contributed by atoms with Crippen LogP contribution in [0.15, 0.2) is 18.2 Å². The van der Waals surface area contributed by atoms with E-state index in [2.05, 4.69) is 26.1 Å². The summed E-state index contributed by atoms with van der Waals surface area (Å²) in [4.78, 5) is 0. The zero-order valence-corrected chi connectivity index (χ0v) is 11.7. The van der Waals surface area contributed by atoms with E-state index in [-0.39, 0.29) is 11.3 Å².